The van der Waals surface area contributed by atoms with E-state index in [1.807, 2.05) is 30.3 Å². The van der Waals surface area contributed by atoms with Crippen LogP contribution in [-0.2, 0) is 6.54 Å². The molecule has 0 aliphatic carbocycles. The van der Waals surface area contributed by atoms with Crippen LogP contribution in [0.25, 0.3) is 12.2 Å². The van der Waals surface area contributed by atoms with Gasteiger partial charge in [0.2, 0.25) is 0 Å². The van der Waals surface area contributed by atoms with Crippen molar-refractivity contribution < 1.29 is 14.6 Å². The van der Waals surface area contributed by atoms with E-state index < -0.39 is 0 Å². The minimum absolute atomic E-state index is 0.352. The van der Waals surface area contributed by atoms with Crippen LogP contribution in [0.4, 0.5) is 0 Å². The summed E-state index contributed by atoms with van der Waals surface area (Å²) in [7, 11) is 7.62. The number of ether oxygens (including phenoxy) is 2. The minimum atomic E-state index is 0.352. The normalized spacial score (nSPS) is 17.3. The lowest BCUT2D eigenvalue weighted by atomic mass is 10.1. The van der Waals surface area contributed by atoms with Gasteiger partial charge in [0.05, 0.1) is 14.2 Å². The Hall–Kier alpha value is -2.54. The van der Waals surface area contributed by atoms with Crippen LogP contribution in [-0.4, -0.2) is 87.4 Å². The molecule has 31 heavy (non-hydrogen) atoms. The first kappa shape index (κ1) is 23.1. The summed E-state index contributed by atoms with van der Waals surface area (Å²) in [6.07, 6.45) is 4.10. The minimum Gasteiger partial charge on any atom is -0.508 e. The Bertz CT molecular complexity index is 870. The molecule has 168 valence electrons. The van der Waals surface area contributed by atoms with Crippen LogP contribution >= 0.6 is 0 Å². The van der Waals surface area contributed by atoms with E-state index in [1.54, 1.807) is 20.3 Å². The first-order chi connectivity index (χ1) is 15.0. The number of likely N-dealkylation sites (N-methyl/N-ethyl adjacent to an activating group) is 2. The van der Waals surface area contributed by atoms with Crippen LogP contribution in [0, 0.1) is 0 Å². The van der Waals surface area contributed by atoms with Crippen molar-refractivity contribution in [2.24, 2.45) is 0 Å². The van der Waals surface area contributed by atoms with Gasteiger partial charge >= 0.3 is 0 Å². The second kappa shape index (κ2) is 11.2. The van der Waals surface area contributed by atoms with Crippen LogP contribution in [0.1, 0.15) is 16.7 Å². The molecule has 2 aromatic carbocycles. The number of aromatic hydroxyl groups is 1. The van der Waals surface area contributed by atoms with Gasteiger partial charge in [-0.05, 0) is 49.5 Å². The molecule has 1 aliphatic rings. The highest BCUT2D eigenvalue weighted by Gasteiger charge is 2.14. The summed E-state index contributed by atoms with van der Waals surface area (Å²) in [5.74, 6) is 1.77. The number of benzene rings is 2. The fraction of sp³-hybridized carbons (Fsp3) is 0.440. The molecule has 6 nitrogen and oxygen atoms in total. The average molecular weight is 426 g/mol. The average Bonchev–Trinajstić information content (AvgIpc) is 2.86. The highest BCUT2D eigenvalue weighted by molar-refractivity contribution is 5.71. The second-order valence-electron chi connectivity index (χ2n) is 8.22. The van der Waals surface area contributed by atoms with Crippen molar-refractivity contribution in [2.45, 2.75) is 6.54 Å². The molecule has 0 saturated carbocycles. The Kier molecular flexibility index (Phi) is 8.35. The number of hydrogen-bond donors (Lipinski definition) is 1. The maximum absolute atomic E-state index is 10.5. The van der Waals surface area contributed by atoms with Crippen molar-refractivity contribution >= 4 is 12.2 Å². The zero-order valence-corrected chi connectivity index (χ0v) is 19.2. The van der Waals surface area contributed by atoms with E-state index in [-0.39, 0.29) is 0 Å². The molecule has 1 N–H and O–H groups in total. The summed E-state index contributed by atoms with van der Waals surface area (Å²) < 4.78 is 10.7. The van der Waals surface area contributed by atoms with Crippen LogP contribution in [0.3, 0.4) is 0 Å². The largest absolute Gasteiger partial charge is 0.508 e. The van der Waals surface area contributed by atoms with E-state index in [2.05, 4.69) is 40.9 Å². The SMILES string of the molecule is COc1ccc(C=Cc2ccc(O)c(CN3CCN(C)CCN(C)CC3)c2)cc1OC. The third-order valence-corrected chi connectivity index (χ3v) is 5.83. The lowest BCUT2D eigenvalue weighted by Crippen LogP contribution is -2.34. The zero-order valence-electron chi connectivity index (χ0n) is 19.2. The van der Waals surface area contributed by atoms with Crippen molar-refractivity contribution in [1.82, 2.24) is 14.7 Å². The fourth-order valence-electron chi connectivity index (χ4n) is 3.68. The van der Waals surface area contributed by atoms with Gasteiger partial charge in [-0.2, -0.15) is 0 Å². The Morgan fingerprint density at radius 1 is 0.774 bits per heavy atom. The molecule has 6 heteroatoms. The molecule has 0 amide bonds. The van der Waals surface area contributed by atoms with Gasteiger partial charge in [0, 0.05) is 51.4 Å². The van der Waals surface area contributed by atoms with Crippen LogP contribution in [0.15, 0.2) is 36.4 Å². The van der Waals surface area contributed by atoms with Crippen LogP contribution < -0.4 is 9.47 Å². The lowest BCUT2D eigenvalue weighted by Gasteiger charge is -2.24. The topological polar surface area (TPSA) is 48.4 Å². The summed E-state index contributed by atoms with van der Waals surface area (Å²) in [5, 5.41) is 10.5. The van der Waals surface area contributed by atoms with Gasteiger partial charge in [-0.15, -0.1) is 0 Å². The Balaban J connectivity index is 1.73. The van der Waals surface area contributed by atoms with Gasteiger partial charge < -0.3 is 24.4 Å². The van der Waals surface area contributed by atoms with Gasteiger partial charge in [-0.1, -0.05) is 24.3 Å². The summed E-state index contributed by atoms with van der Waals surface area (Å²) in [4.78, 5) is 7.17. The summed E-state index contributed by atoms with van der Waals surface area (Å²) in [6.45, 7) is 6.98. The molecule has 0 bridgehead atoms. The Morgan fingerprint density at radius 3 is 1.94 bits per heavy atom. The maximum Gasteiger partial charge on any atom is 0.161 e. The summed E-state index contributed by atoms with van der Waals surface area (Å²) in [5.41, 5.74) is 3.04. The van der Waals surface area contributed by atoms with Gasteiger partial charge in [-0.3, -0.25) is 4.90 Å². The number of rotatable bonds is 6. The van der Waals surface area contributed by atoms with E-state index in [9.17, 15) is 5.11 Å². The van der Waals surface area contributed by atoms with E-state index in [4.69, 9.17) is 9.47 Å². The quantitative estimate of drug-likeness (QED) is 0.717. The summed E-state index contributed by atoms with van der Waals surface area (Å²) >= 11 is 0. The second-order valence-corrected chi connectivity index (χ2v) is 8.22. The van der Waals surface area contributed by atoms with Crippen molar-refractivity contribution in [3.63, 3.8) is 0 Å². The predicted molar refractivity (Wildman–Crippen MR) is 127 cm³/mol. The van der Waals surface area contributed by atoms with E-state index >= 15 is 0 Å². The predicted octanol–water partition coefficient (Wildman–Crippen LogP) is 3.26. The van der Waals surface area contributed by atoms with E-state index in [1.165, 1.54) is 0 Å². The lowest BCUT2D eigenvalue weighted by molar-refractivity contribution is 0.226. The number of nitrogens with zero attached hydrogens (tertiary/aromatic N) is 3. The third kappa shape index (κ3) is 6.72. The van der Waals surface area contributed by atoms with Gasteiger partial charge in [0.1, 0.15) is 5.75 Å². The Labute approximate surface area is 186 Å². The molecule has 0 atom stereocenters. The monoisotopic (exact) mass is 425 g/mol. The van der Waals surface area contributed by atoms with Crippen molar-refractivity contribution in [3.05, 3.63) is 53.1 Å². The molecule has 3 rings (SSSR count). The van der Waals surface area contributed by atoms with E-state index in [0.717, 1.165) is 62.5 Å². The molecule has 0 unspecified atom stereocenters. The van der Waals surface area contributed by atoms with Gasteiger partial charge in [-0.25, -0.2) is 0 Å². The Morgan fingerprint density at radius 2 is 1.32 bits per heavy atom. The van der Waals surface area contributed by atoms with Crippen molar-refractivity contribution in [1.29, 1.82) is 0 Å². The standard InChI is InChI=1S/C25H35N3O3/c1-26-11-12-27(2)14-16-28(15-13-26)19-22-17-20(7-9-23(22)29)5-6-21-8-10-24(30-3)25(18-21)31-4/h5-10,17-18,29H,11-16,19H2,1-4H3. The number of hydrogen-bond acceptors (Lipinski definition) is 6. The van der Waals surface area contributed by atoms with E-state index in [0.29, 0.717) is 17.2 Å². The smallest absolute Gasteiger partial charge is 0.161 e. The highest BCUT2D eigenvalue weighted by Crippen LogP contribution is 2.28. The molecular formula is C25H35N3O3. The molecule has 1 heterocycles. The van der Waals surface area contributed by atoms with Crippen molar-refractivity contribution in [3.8, 4) is 17.2 Å². The van der Waals surface area contributed by atoms with Gasteiger partial charge in [0.15, 0.2) is 11.5 Å². The van der Waals surface area contributed by atoms with Crippen molar-refractivity contribution in [2.75, 3.05) is 67.6 Å². The number of phenolic OH excluding ortho intramolecular Hbond substituents is 1. The molecule has 1 saturated heterocycles. The molecule has 1 fully saturated rings. The molecule has 0 spiro atoms. The molecular weight excluding hydrogens is 390 g/mol. The third-order valence-electron chi connectivity index (χ3n) is 5.83. The first-order valence-corrected chi connectivity index (χ1v) is 10.8. The zero-order chi connectivity index (χ0) is 22.2. The highest BCUT2D eigenvalue weighted by atomic mass is 16.5. The first-order valence-electron chi connectivity index (χ1n) is 10.8. The molecule has 1 aliphatic heterocycles. The van der Waals surface area contributed by atoms with Crippen LogP contribution in [0.5, 0.6) is 17.2 Å². The fourth-order valence-corrected chi connectivity index (χ4v) is 3.68. The summed E-state index contributed by atoms with van der Waals surface area (Å²) in [6, 6.07) is 11.7. The maximum atomic E-state index is 10.5. The molecule has 0 radical (unpaired) electrons. The molecule has 0 aromatic heterocycles. The molecule has 2 aromatic rings. The number of methoxy groups -OCH3 is 2. The number of phenols is 1. The van der Waals surface area contributed by atoms with Crippen LogP contribution in [0.2, 0.25) is 0 Å². The van der Waals surface area contributed by atoms with Gasteiger partial charge in [0.25, 0.3) is 0 Å².